The summed E-state index contributed by atoms with van der Waals surface area (Å²) in [5.74, 6) is -0.391. The fraction of sp³-hybridized carbons (Fsp3) is 0.458. The van der Waals surface area contributed by atoms with E-state index in [-0.39, 0.29) is 13.0 Å². The van der Waals surface area contributed by atoms with Gasteiger partial charge in [0, 0.05) is 29.7 Å². The molecule has 0 amide bonds. The monoisotopic (exact) mass is 637 g/mol. The van der Waals surface area contributed by atoms with Gasteiger partial charge in [0.25, 0.3) is 9.05 Å². The van der Waals surface area contributed by atoms with Crippen molar-refractivity contribution in [1.82, 2.24) is 4.31 Å². The van der Waals surface area contributed by atoms with E-state index in [1.807, 2.05) is 0 Å². The highest BCUT2D eigenvalue weighted by molar-refractivity contribution is 8.13. The molecule has 1 heterocycles. The van der Waals surface area contributed by atoms with E-state index in [1.54, 1.807) is 0 Å². The maximum Gasteiger partial charge on any atom is 0.417 e. The van der Waals surface area contributed by atoms with Crippen LogP contribution >= 0.6 is 10.7 Å². The van der Waals surface area contributed by atoms with Crippen molar-refractivity contribution in [3.8, 4) is 0 Å². The van der Waals surface area contributed by atoms with Gasteiger partial charge in [-0.1, -0.05) is 30.7 Å². The molecule has 1 unspecified atom stereocenters. The number of benzene rings is 2. The van der Waals surface area contributed by atoms with Crippen molar-refractivity contribution in [2.45, 2.75) is 66.7 Å². The number of carbonyl (C=O) groups is 1. The number of carbonyl (C=O) groups excluding carboxylic acids is 1. The predicted octanol–water partition coefficient (Wildman–Crippen LogP) is 6.22. The molecule has 1 atom stereocenters. The van der Waals surface area contributed by atoms with Crippen LogP contribution in [-0.4, -0.2) is 46.8 Å². The molecule has 1 fully saturated rings. The lowest BCUT2D eigenvalue weighted by Gasteiger charge is -2.35. The Morgan fingerprint density at radius 1 is 0.900 bits per heavy atom. The summed E-state index contributed by atoms with van der Waals surface area (Å²) in [7, 11) is -2.53. The van der Waals surface area contributed by atoms with E-state index in [1.165, 1.54) is 29.6 Å². The van der Waals surface area contributed by atoms with Gasteiger partial charge in [-0.15, -0.1) is 0 Å². The first-order chi connectivity index (χ1) is 18.4. The van der Waals surface area contributed by atoms with Crippen LogP contribution in [0, 0.1) is 0 Å². The third-order valence-corrected chi connectivity index (χ3v) is 9.34. The maximum atomic E-state index is 13.2. The highest BCUT2D eigenvalue weighted by atomic mass is 35.7. The highest BCUT2D eigenvalue weighted by Crippen LogP contribution is 2.37. The molecule has 0 aliphatic carbocycles. The van der Waals surface area contributed by atoms with E-state index in [0.29, 0.717) is 31.7 Å². The van der Waals surface area contributed by atoms with Crippen LogP contribution in [0.1, 0.15) is 49.7 Å². The summed E-state index contributed by atoms with van der Waals surface area (Å²) in [5.41, 5.74) is -2.41. The Labute approximate surface area is 232 Å². The third-order valence-electron chi connectivity index (χ3n) is 5.95. The molecular formula is C24H26ClF6NO6S2. The Bertz CT molecular complexity index is 1380. The van der Waals surface area contributed by atoms with Crippen LogP contribution in [0.4, 0.5) is 26.3 Å². The first-order valence-electron chi connectivity index (χ1n) is 11.8. The predicted molar refractivity (Wildman–Crippen MR) is 133 cm³/mol. The largest absolute Gasteiger partial charge is 0.469 e. The quantitative estimate of drug-likeness (QED) is 0.203. The molecule has 40 heavy (non-hydrogen) atoms. The van der Waals surface area contributed by atoms with Crippen LogP contribution in [0.3, 0.4) is 0 Å². The second kappa shape index (κ2) is 13.5. The van der Waals surface area contributed by atoms with Crippen LogP contribution < -0.4 is 0 Å². The van der Waals surface area contributed by atoms with Crippen molar-refractivity contribution in [2.75, 3.05) is 13.7 Å². The number of halogens is 7. The number of hydrogen-bond donors (Lipinski definition) is 0. The summed E-state index contributed by atoms with van der Waals surface area (Å²) < 4.78 is 130. The minimum Gasteiger partial charge on any atom is -0.469 e. The standard InChI is InChI=1S/C17H22F3NO4S.C7H4ClF3O2S/c1-25-16(22)11-6-8-13-7-4-5-12-21(13)26(23,24)15-10-3-2-9-14(15)17(18,19)20;8-14(12,13)6-4-2-1-3-5(6)7(9,10)11/h2-3,9-10,13H,4-8,11-12H2,1H3;1-4H. The molecule has 0 spiro atoms. The second-order valence-corrected chi connectivity index (χ2v) is 13.1. The molecule has 0 N–H and O–H groups in total. The molecule has 7 nitrogen and oxygen atoms in total. The van der Waals surface area contributed by atoms with Crippen LogP contribution in [0.15, 0.2) is 58.3 Å². The number of rotatable bonds is 7. The first-order valence-corrected chi connectivity index (χ1v) is 15.5. The van der Waals surface area contributed by atoms with Crippen molar-refractivity contribution < 1.29 is 52.7 Å². The Hall–Kier alpha value is -2.36. The molecule has 0 aromatic heterocycles. The molecule has 1 aliphatic rings. The van der Waals surface area contributed by atoms with Crippen molar-refractivity contribution >= 4 is 35.7 Å². The SMILES string of the molecule is COC(=O)CCCC1CCCCN1S(=O)(=O)c1ccccc1C(F)(F)F.O=S(=O)(Cl)c1ccccc1C(F)(F)F. The summed E-state index contributed by atoms with van der Waals surface area (Å²) in [4.78, 5) is 9.59. The maximum absolute atomic E-state index is 13.2. The minimum absolute atomic E-state index is 0.153. The van der Waals surface area contributed by atoms with Crippen molar-refractivity contribution in [2.24, 2.45) is 0 Å². The fourth-order valence-corrected chi connectivity index (χ4v) is 7.16. The number of sulfonamides is 1. The summed E-state index contributed by atoms with van der Waals surface area (Å²) in [5, 5.41) is 0. The molecule has 1 saturated heterocycles. The first kappa shape index (κ1) is 33.8. The number of ether oxygens (including phenoxy) is 1. The molecule has 0 radical (unpaired) electrons. The number of alkyl halides is 6. The Balaban J connectivity index is 0.000000337. The lowest BCUT2D eigenvalue weighted by atomic mass is 10.00. The molecule has 0 saturated carbocycles. The van der Waals surface area contributed by atoms with Crippen LogP contribution in [0.25, 0.3) is 0 Å². The Kier molecular flexibility index (Phi) is 11.5. The zero-order valence-electron chi connectivity index (χ0n) is 21.0. The Morgan fingerprint density at radius 3 is 1.88 bits per heavy atom. The summed E-state index contributed by atoms with van der Waals surface area (Å²) in [6.45, 7) is 0.178. The molecule has 2 aromatic rings. The molecule has 1 aliphatic heterocycles. The fourth-order valence-electron chi connectivity index (χ4n) is 4.13. The number of hydrogen-bond acceptors (Lipinski definition) is 6. The molecule has 2 aromatic carbocycles. The van der Waals surface area contributed by atoms with Gasteiger partial charge < -0.3 is 4.74 Å². The number of methoxy groups -OCH3 is 1. The number of nitrogens with zero attached hydrogens (tertiary/aromatic N) is 1. The molecule has 0 bridgehead atoms. The zero-order valence-corrected chi connectivity index (χ0v) is 23.4. The van der Waals surface area contributed by atoms with Gasteiger partial charge in [0.05, 0.1) is 28.0 Å². The van der Waals surface area contributed by atoms with E-state index in [0.717, 1.165) is 30.7 Å². The molecule has 3 rings (SSSR count). The van der Waals surface area contributed by atoms with Crippen LogP contribution in [0.5, 0.6) is 0 Å². The highest BCUT2D eigenvalue weighted by Gasteiger charge is 2.41. The Morgan fingerprint density at radius 2 is 1.40 bits per heavy atom. The summed E-state index contributed by atoms with van der Waals surface area (Å²) in [6, 6.07) is 7.56. The normalized spacial score (nSPS) is 17.1. The topological polar surface area (TPSA) is 97.8 Å². The minimum atomic E-state index is -4.75. The smallest absolute Gasteiger partial charge is 0.417 e. The van der Waals surface area contributed by atoms with Crippen LogP contribution in [-0.2, 0) is 41.0 Å². The van der Waals surface area contributed by atoms with E-state index in [4.69, 9.17) is 10.7 Å². The van der Waals surface area contributed by atoms with E-state index in [9.17, 15) is 48.0 Å². The van der Waals surface area contributed by atoms with Gasteiger partial charge in [-0.25, -0.2) is 16.8 Å². The van der Waals surface area contributed by atoms with Gasteiger partial charge in [-0.3, -0.25) is 4.79 Å². The van der Waals surface area contributed by atoms with Gasteiger partial charge in [0.2, 0.25) is 10.0 Å². The molecule has 224 valence electrons. The number of piperidine rings is 1. The number of esters is 1. The van der Waals surface area contributed by atoms with Gasteiger partial charge in [-0.2, -0.15) is 30.6 Å². The summed E-state index contributed by atoms with van der Waals surface area (Å²) in [6.07, 6.45) is -6.53. The van der Waals surface area contributed by atoms with Gasteiger partial charge in [-0.05, 0) is 49.9 Å². The van der Waals surface area contributed by atoms with Crippen molar-refractivity contribution in [3.05, 3.63) is 59.7 Å². The van der Waals surface area contributed by atoms with Gasteiger partial charge >= 0.3 is 18.3 Å². The van der Waals surface area contributed by atoms with Gasteiger partial charge in [0.1, 0.15) is 0 Å². The van der Waals surface area contributed by atoms with Crippen LogP contribution in [0.2, 0.25) is 0 Å². The van der Waals surface area contributed by atoms with Gasteiger partial charge in [0.15, 0.2) is 0 Å². The zero-order chi connectivity index (χ0) is 30.4. The third kappa shape index (κ3) is 9.08. The second-order valence-electron chi connectivity index (χ2n) is 8.66. The van der Waals surface area contributed by atoms with E-state index in [2.05, 4.69) is 4.74 Å². The lowest BCUT2D eigenvalue weighted by molar-refractivity contribution is -0.141. The molecule has 16 heteroatoms. The average molecular weight is 638 g/mol. The molecular weight excluding hydrogens is 612 g/mol. The summed E-state index contributed by atoms with van der Waals surface area (Å²) >= 11 is 0. The average Bonchev–Trinajstić information content (AvgIpc) is 2.87. The lowest BCUT2D eigenvalue weighted by Crippen LogP contribution is -2.44. The van der Waals surface area contributed by atoms with Crippen molar-refractivity contribution in [3.63, 3.8) is 0 Å². The van der Waals surface area contributed by atoms with Crippen molar-refractivity contribution in [1.29, 1.82) is 0 Å². The van der Waals surface area contributed by atoms with E-state index < -0.39 is 64.4 Å². The van der Waals surface area contributed by atoms with E-state index >= 15 is 0 Å².